The summed E-state index contributed by atoms with van der Waals surface area (Å²) in [6.45, 7) is 5.22. The second-order valence-electron chi connectivity index (χ2n) is 12.4. The zero-order chi connectivity index (χ0) is 31.4. The van der Waals surface area contributed by atoms with Crippen LogP contribution in [0.5, 0.6) is 5.75 Å². The Labute approximate surface area is 258 Å². The molecule has 2 saturated heterocycles. The highest BCUT2D eigenvalue weighted by Gasteiger charge is 2.54. The van der Waals surface area contributed by atoms with Gasteiger partial charge in [0, 0.05) is 44.7 Å². The van der Waals surface area contributed by atoms with Crippen LogP contribution < -0.4 is 9.04 Å². The van der Waals surface area contributed by atoms with Crippen molar-refractivity contribution in [3.63, 3.8) is 0 Å². The van der Waals surface area contributed by atoms with E-state index in [1.54, 1.807) is 74.2 Å². The fraction of sp³-hybridized carbons (Fsp3) is 0.412. The Hall–Kier alpha value is -3.92. The average Bonchev–Trinajstić information content (AvgIpc) is 3.25. The van der Waals surface area contributed by atoms with E-state index in [4.69, 9.17) is 4.74 Å². The smallest absolute Gasteiger partial charge is 0.264 e. The maximum atomic E-state index is 14.1. The molecule has 3 aliphatic rings. The third-order valence-corrected chi connectivity index (χ3v) is 11.9. The van der Waals surface area contributed by atoms with Crippen molar-refractivity contribution >= 4 is 27.5 Å². The highest BCUT2D eigenvalue weighted by molar-refractivity contribution is 7.93. The number of piperidine rings is 1. The number of likely N-dealkylation sites (tertiary alicyclic amines) is 2. The Morgan fingerprint density at radius 1 is 0.977 bits per heavy atom. The number of aryl methyl sites for hydroxylation is 3. The number of methoxy groups -OCH3 is 1. The van der Waals surface area contributed by atoms with Crippen LogP contribution in [0.1, 0.15) is 57.8 Å². The van der Waals surface area contributed by atoms with Crippen LogP contribution in [0.15, 0.2) is 59.5 Å². The monoisotopic (exact) mass is 619 g/mol. The van der Waals surface area contributed by atoms with Crippen LogP contribution in [-0.2, 0) is 21.2 Å². The van der Waals surface area contributed by atoms with Crippen LogP contribution in [-0.4, -0.2) is 70.4 Å². The van der Waals surface area contributed by atoms with Crippen molar-refractivity contribution in [2.75, 3.05) is 44.6 Å². The van der Waals surface area contributed by atoms with E-state index in [9.17, 15) is 22.4 Å². The number of ether oxygens (including phenoxy) is 1. The molecule has 2 fully saturated rings. The fourth-order valence-corrected chi connectivity index (χ4v) is 9.45. The quantitative estimate of drug-likeness (QED) is 0.398. The number of anilines is 1. The molecule has 0 bridgehead atoms. The van der Waals surface area contributed by atoms with Crippen molar-refractivity contribution in [1.82, 2.24) is 9.80 Å². The number of hydrogen-bond donors (Lipinski definition) is 0. The predicted octanol–water partition coefficient (Wildman–Crippen LogP) is 5.07. The number of fused-ring (bicyclic) bond motifs is 1. The van der Waals surface area contributed by atoms with Crippen LogP contribution >= 0.6 is 0 Å². The van der Waals surface area contributed by atoms with Crippen molar-refractivity contribution < 1.29 is 27.1 Å². The molecule has 3 aliphatic heterocycles. The van der Waals surface area contributed by atoms with Gasteiger partial charge in [-0.3, -0.25) is 13.9 Å². The molecule has 0 N–H and O–H groups in total. The van der Waals surface area contributed by atoms with E-state index in [0.29, 0.717) is 73.6 Å². The van der Waals surface area contributed by atoms with Gasteiger partial charge in [0.25, 0.3) is 15.9 Å². The standard InChI is InChI=1S/C34H38FN3O5S/c1-22-18-28(43-4)19-23(2)31(22)44(41,42)38-15-5-6-25-7-8-26(20-30(25)38)32(39)37-16-13-34(14-17-37)29(21-36(3)33(34)40)24-9-11-27(35)12-10-24/h7-12,18-20,29H,5-6,13-17,21H2,1-4H3. The van der Waals surface area contributed by atoms with Crippen LogP contribution in [0.3, 0.4) is 0 Å². The Kier molecular flexibility index (Phi) is 7.68. The minimum absolute atomic E-state index is 0.0673. The normalized spacial score (nSPS) is 19.8. The molecular formula is C34H38FN3O5S. The largest absolute Gasteiger partial charge is 0.497 e. The van der Waals surface area contributed by atoms with Gasteiger partial charge < -0.3 is 14.5 Å². The third kappa shape index (κ3) is 4.93. The predicted molar refractivity (Wildman–Crippen MR) is 166 cm³/mol. The third-order valence-electron chi connectivity index (χ3n) is 9.74. The number of carbonyl (C=O) groups excluding carboxylic acids is 2. The molecule has 6 rings (SSSR count). The lowest BCUT2D eigenvalue weighted by Gasteiger charge is -2.41. The molecule has 1 unspecified atom stereocenters. The summed E-state index contributed by atoms with van der Waals surface area (Å²) in [6, 6.07) is 15.2. The van der Waals surface area contributed by atoms with Gasteiger partial charge in [0.1, 0.15) is 11.6 Å². The lowest BCUT2D eigenvalue weighted by Crippen LogP contribution is -2.48. The molecule has 0 saturated carbocycles. The van der Waals surface area contributed by atoms with Crippen LogP contribution in [0.25, 0.3) is 0 Å². The van der Waals surface area contributed by atoms with Crippen molar-refractivity contribution in [2.45, 2.75) is 50.3 Å². The summed E-state index contributed by atoms with van der Waals surface area (Å²) < 4.78 is 48.6. The number of amides is 2. The van der Waals surface area contributed by atoms with E-state index in [2.05, 4.69) is 0 Å². The molecule has 44 heavy (non-hydrogen) atoms. The molecular weight excluding hydrogens is 581 g/mol. The van der Waals surface area contributed by atoms with Gasteiger partial charge >= 0.3 is 0 Å². The van der Waals surface area contributed by atoms with Gasteiger partial charge in [-0.05, 0) is 98.2 Å². The van der Waals surface area contributed by atoms with Crippen molar-refractivity contribution in [2.24, 2.45) is 5.41 Å². The Bertz CT molecular complexity index is 1710. The molecule has 10 heteroatoms. The molecule has 1 spiro atoms. The average molecular weight is 620 g/mol. The highest BCUT2D eigenvalue weighted by atomic mass is 32.2. The lowest BCUT2D eigenvalue weighted by molar-refractivity contribution is -0.137. The minimum atomic E-state index is -3.90. The van der Waals surface area contributed by atoms with E-state index >= 15 is 0 Å². The first-order chi connectivity index (χ1) is 21.0. The number of benzene rings is 3. The van der Waals surface area contributed by atoms with Gasteiger partial charge in [0.2, 0.25) is 5.91 Å². The lowest BCUT2D eigenvalue weighted by atomic mass is 9.68. The molecule has 0 aromatic heterocycles. The SMILES string of the molecule is COc1cc(C)c(S(=O)(=O)N2CCCc3ccc(C(=O)N4CCC5(CC4)C(=O)N(C)CC5c4ccc(F)cc4)cc32)c(C)c1. The summed E-state index contributed by atoms with van der Waals surface area (Å²) in [5.41, 5.74) is 3.35. The number of nitrogens with zero attached hydrogens (tertiary/aromatic N) is 3. The first-order valence-electron chi connectivity index (χ1n) is 15.1. The minimum Gasteiger partial charge on any atom is -0.497 e. The number of likely N-dealkylation sites (N-methyl/N-ethyl adjacent to an activating group) is 1. The topological polar surface area (TPSA) is 87.2 Å². The van der Waals surface area contributed by atoms with Gasteiger partial charge in [0.05, 0.1) is 23.1 Å². The first kappa shape index (κ1) is 30.1. The van der Waals surface area contributed by atoms with E-state index < -0.39 is 15.4 Å². The van der Waals surface area contributed by atoms with Crippen LogP contribution in [0.4, 0.5) is 10.1 Å². The maximum absolute atomic E-state index is 14.1. The van der Waals surface area contributed by atoms with Gasteiger partial charge in [-0.1, -0.05) is 18.2 Å². The Morgan fingerprint density at radius 3 is 2.27 bits per heavy atom. The molecule has 8 nitrogen and oxygen atoms in total. The van der Waals surface area contributed by atoms with Gasteiger partial charge in [-0.2, -0.15) is 0 Å². The summed E-state index contributed by atoms with van der Waals surface area (Å²) in [6.07, 6.45) is 2.42. The van der Waals surface area contributed by atoms with Gasteiger partial charge in [-0.25, -0.2) is 12.8 Å². The molecule has 3 aromatic carbocycles. The zero-order valence-electron chi connectivity index (χ0n) is 25.6. The Morgan fingerprint density at radius 2 is 1.64 bits per heavy atom. The second kappa shape index (κ2) is 11.2. The fourth-order valence-electron chi connectivity index (χ4n) is 7.50. The zero-order valence-corrected chi connectivity index (χ0v) is 26.4. The van der Waals surface area contributed by atoms with E-state index in [0.717, 1.165) is 17.5 Å². The molecule has 3 aromatic rings. The highest BCUT2D eigenvalue weighted by Crippen LogP contribution is 2.50. The number of hydrogen-bond acceptors (Lipinski definition) is 5. The van der Waals surface area contributed by atoms with E-state index in [1.807, 2.05) is 6.07 Å². The summed E-state index contributed by atoms with van der Waals surface area (Å²) in [7, 11) is -0.552. The first-order valence-corrected chi connectivity index (χ1v) is 16.5. The summed E-state index contributed by atoms with van der Waals surface area (Å²) in [5.74, 6) is 0.0955. The number of sulfonamides is 1. The van der Waals surface area contributed by atoms with Crippen molar-refractivity contribution in [3.05, 3.63) is 88.2 Å². The molecule has 3 heterocycles. The number of carbonyl (C=O) groups is 2. The van der Waals surface area contributed by atoms with Crippen molar-refractivity contribution in [1.29, 1.82) is 0 Å². The number of rotatable bonds is 5. The molecule has 2 amide bonds. The van der Waals surface area contributed by atoms with Crippen LogP contribution in [0, 0.1) is 25.1 Å². The molecule has 232 valence electrons. The Balaban J connectivity index is 1.26. The van der Waals surface area contributed by atoms with E-state index in [1.165, 1.54) is 16.4 Å². The number of halogens is 1. The molecule has 1 atom stereocenters. The maximum Gasteiger partial charge on any atom is 0.264 e. The van der Waals surface area contributed by atoms with Crippen LogP contribution in [0.2, 0.25) is 0 Å². The molecule has 0 aliphatic carbocycles. The molecule has 0 radical (unpaired) electrons. The summed E-state index contributed by atoms with van der Waals surface area (Å²) in [5, 5.41) is 0. The van der Waals surface area contributed by atoms with Gasteiger partial charge in [-0.15, -0.1) is 0 Å². The van der Waals surface area contributed by atoms with Crippen molar-refractivity contribution in [3.8, 4) is 5.75 Å². The summed E-state index contributed by atoms with van der Waals surface area (Å²) in [4.78, 5) is 31.1. The van der Waals surface area contributed by atoms with Gasteiger partial charge in [0.15, 0.2) is 0 Å². The summed E-state index contributed by atoms with van der Waals surface area (Å²) >= 11 is 0. The van der Waals surface area contributed by atoms with E-state index in [-0.39, 0.29) is 28.4 Å². The second-order valence-corrected chi connectivity index (χ2v) is 14.2.